The predicted octanol–water partition coefficient (Wildman–Crippen LogP) is 1.42. The lowest BCUT2D eigenvalue weighted by Crippen LogP contribution is -2.62. The van der Waals surface area contributed by atoms with Crippen molar-refractivity contribution in [1.82, 2.24) is 5.32 Å². The molecule has 0 fully saturated rings. The Kier molecular flexibility index (Phi) is 3.96. The molecule has 0 radical (unpaired) electrons. The Morgan fingerprint density at radius 1 is 1.17 bits per heavy atom. The van der Waals surface area contributed by atoms with Gasteiger partial charge in [-0.15, -0.1) is 0 Å². The highest BCUT2D eigenvalue weighted by atomic mass is 16.4. The highest BCUT2D eigenvalue weighted by molar-refractivity contribution is 5.80. The molecule has 1 aliphatic rings. The lowest BCUT2D eigenvalue weighted by Gasteiger charge is -2.45. The smallest absolute Gasteiger partial charge is 0.140 e. The van der Waals surface area contributed by atoms with Crippen LogP contribution in [0, 0.1) is 0 Å². The van der Waals surface area contributed by atoms with Crippen molar-refractivity contribution >= 4 is 5.97 Å². The lowest BCUT2D eigenvalue weighted by molar-refractivity contribution is -0.318. The van der Waals surface area contributed by atoms with Crippen molar-refractivity contribution in [2.75, 3.05) is 0 Å². The largest absolute Gasteiger partial charge is 0.548 e. The van der Waals surface area contributed by atoms with E-state index in [9.17, 15) is 15.0 Å². The molecule has 3 rings (SSSR count). The fourth-order valence-electron chi connectivity index (χ4n) is 3.48. The Bertz CT molecular complexity index is 712. The zero-order valence-corrected chi connectivity index (χ0v) is 13.1. The van der Waals surface area contributed by atoms with E-state index in [-0.39, 0.29) is 0 Å². The first-order valence-electron chi connectivity index (χ1n) is 7.83. The van der Waals surface area contributed by atoms with Crippen LogP contribution in [0.5, 0.6) is 0 Å². The highest BCUT2D eigenvalue weighted by Crippen LogP contribution is 2.37. The minimum atomic E-state index is -1.48. The van der Waals surface area contributed by atoms with Crippen LogP contribution in [0.15, 0.2) is 54.6 Å². The summed E-state index contributed by atoms with van der Waals surface area (Å²) in [6, 6.07) is 16.5. The Hall–Kier alpha value is -2.17. The SMILES string of the molecule is CC(O)(NC1(C(=O)[O-])CCCc2ccccc21)c1ccccc1. The second kappa shape index (κ2) is 5.80. The number of carboxylic acids is 1. The molecule has 0 bridgehead atoms. The maximum atomic E-state index is 12.1. The van der Waals surface area contributed by atoms with Gasteiger partial charge < -0.3 is 15.0 Å². The summed E-state index contributed by atoms with van der Waals surface area (Å²) in [5, 5.41) is 25.9. The molecule has 2 aromatic carbocycles. The van der Waals surface area contributed by atoms with Crippen molar-refractivity contribution < 1.29 is 15.0 Å². The van der Waals surface area contributed by atoms with E-state index in [1.165, 1.54) is 0 Å². The fraction of sp³-hybridized carbons (Fsp3) is 0.316. The van der Waals surface area contributed by atoms with Crippen molar-refractivity contribution in [3.8, 4) is 0 Å². The van der Waals surface area contributed by atoms with Crippen LogP contribution >= 0.6 is 0 Å². The molecule has 0 aliphatic heterocycles. The Labute approximate surface area is 135 Å². The number of aliphatic carboxylic acids is 1. The quantitative estimate of drug-likeness (QED) is 0.838. The van der Waals surface area contributed by atoms with E-state index in [2.05, 4.69) is 5.32 Å². The summed E-state index contributed by atoms with van der Waals surface area (Å²) in [5.74, 6) is -1.21. The minimum Gasteiger partial charge on any atom is -0.548 e. The first-order valence-corrected chi connectivity index (χ1v) is 7.83. The third-order valence-electron chi connectivity index (χ3n) is 4.62. The van der Waals surface area contributed by atoms with Crippen LogP contribution < -0.4 is 10.4 Å². The number of aryl methyl sites for hydroxylation is 1. The van der Waals surface area contributed by atoms with Crippen LogP contribution in [0.4, 0.5) is 0 Å². The molecule has 2 N–H and O–H groups in total. The maximum Gasteiger partial charge on any atom is 0.140 e. The molecular formula is C19H20NO3-. The van der Waals surface area contributed by atoms with Gasteiger partial charge >= 0.3 is 0 Å². The van der Waals surface area contributed by atoms with Gasteiger partial charge in [-0.1, -0.05) is 54.6 Å². The van der Waals surface area contributed by atoms with Crippen LogP contribution in [-0.2, 0) is 22.5 Å². The van der Waals surface area contributed by atoms with Gasteiger partial charge in [-0.05, 0) is 42.9 Å². The van der Waals surface area contributed by atoms with Crippen molar-refractivity contribution in [1.29, 1.82) is 0 Å². The summed E-state index contributed by atoms with van der Waals surface area (Å²) < 4.78 is 0. The number of fused-ring (bicyclic) bond motifs is 1. The monoisotopic (exact) mass is 310 g/mol. The van der Waals surface area contributed by atoms with Gasteiger partial charge in [0.25, 0.3) is 0 Å². The average molecular weight is 310 g/mol. The van der Waals surface area contributed by atoms with Gasteiger partial charge in [-0.2, -0.15) is 0 Å². The van der Waals surface area contributed by atoms with Crippen LogP contribution in [0.3, 0.4) is 0 Å². The number of nitrogens with one attached hydrogen (secondary N) is 1. The third-order valence-corrected chi connectivity index (χ3v) is 4.62. The van der Waals surface area contributed by atoms with Gasteiger partial charge in [0.1, 0.15) is 5.72 Å². The minimum absolute atomic E-state index is 0.384. The molecule has 0 amide bonds. The van der Waals surface area contributed by atoms with Crippen LogP contribution in [0.25, 0.3) is 0 Å². The molecule has 4 nitrogen and oxygen atoms in total. The summed E-state index contributed by atoms with van der Waals surface area (Å²) in [4.78, 5) is 12.1. The topological polar surface area (TPSA) is 72.4 Å². The predicted molar refractivity (Wildman–Crippen MR) is 85.2 cm³/mol. The number of hydrogen-bond acceptors (Lipinski definition) is 4. The summed E-state index contributed by atoms with van der Waals surface area (Å²) in [6.45, 7) is 1.57. The van der Waals surface area contributed by atoms with Gasteiger partial charge in [0.15, 0.2) is 0 Å². The van der Waals surface area contributed by atoms with Gasteiger partial charge in [-0.25, -0.2) is 0 Å². The first-order chi connectivity index (χ1) is 11.0. The van der Waals surface area contributed by atoms with Crippen LogP contribution in [0.2, 0.25) is 0 Å². The molecule has 0 spiro atoms. The number of carbonyl (C=O) groups is 1. The van der Waals surface area contributed by atoms with Crippen molar-refractivity contribution in [2.45, 2.75) is 37.5 Å². The fourth-order valence-corrected chi connectivity index (χ4v) is 3.48. The van der Waals surface area contributed by atoms with Crippen molar-refractivity contribution in [3.05, 3.63) is 71.3 Å². The first kappa shape index (κ1) is 15.7. The van der Waals surface area contributed by atoms with Crippen LogP contribution in [0.1, 0.15) is 36.5 Å². The number of benzene rings is 2. The zero-order valence-electron chi connectivity index (χ0n) is 13.1. The van der Waals surface area contributed by atoms with E-state index in [1.807, 2.05) is 36.4 Å². The molecule has 0 saturated heterocycles. The molecule has 23 heavy (non-hydrogen) atoms. The molecule has 2 unspecified atom stereocenters. The van der Waals surface area contributed by atoms with Gasteiger partial charge in [0.05, 0.1) is 11.5 Å². The van der Waals surface area contributed by atoms with Gasteiger partial charge in [0.2, 0.25) is 0 Å². The number of aliphatic hydroxyl groups is 1. The van der Waals surface area contributed by atoms with E-state index < -0.39 is 17.2 Å². The summed E-state index contributed by atoms with van der Waals surface area (Å²) in [6.07, 6.45) is 1.94. The molecule has 120 valence electrons. The number of carboxylic acid groups (broad SMARTS) is 1. The van der Waals surface area contributed by atoms with Gasteiger partial charge in [-0.3, -0.25) is 5.32 Å². The summed E-state index contributed by atoms with van der Waals surface area (Å²) >= 11 is 0. The second-order valence-corrected chi connectivity index (χ2v) is 6.27. The van der Waals surface area contributed by atoms with Gasteiger partial charge in [0, 0.05) is 0 Å². The molecule has 0 heterocycles. The Morgan fingerprint density at radius 2 is 1.83 bits per heavy atom. The van der Waals surface area contributed by atoms with Crippen molar-refractivity contribution in [2.24, 2.45) is 0 Å². The molecule has 0 aromatic heterocycles. The normalized spacial score (nSPS) is 22.9. The molecule has 4 heteroatoms. The maximum absolute atomic E-state index is 12.1. The van der Waals surface area contributed by atoms with E-state index in [4.69, 9.17) is 0 Å². The summed E-state index contributed by atoms with van der Waals surface area (Å²) in [5.41, 5.74) is -0.592. The second-order valence-electron chi connectivity index (χ2n) is 6.27. The van der Waals surface area contributed by atoms with E-state index in [0.717, 1.165) is 18.4 Å². The standard InChI is InChI=1S/C19H21NO3/c1-18(23,15-10-3-2-4-11-15)20-19(17(21)22)13-7-9-14-8-5-6-12-16(14)19/h2-6,8,10-12,20,23H,7,9,13H2,1H3,(H,21,22)/p-1. The molecule has 2 aromatic rings. The van der Waals surface area contributed by atoms with E-state index >= 15 is 0 Å². The van der Waals surface area contributed by atoms with Crippen molar-refractivity contribution in [3.63, 3.8) is 0 Å². The molecule has 1 aliphatic carbocycles. The highest BCUT2D eigenvalue weighted by Gasteiger charge is 2.42. The van der Waals surface area contributed by atoms with E-state index in [0.29, 0.717) is 17.5 Å². The lowest BCUT2D eigenvalue weighted by atomic mass is 9.75. The molecule has 2 atom stereocenters. The third kappa shape index (κ3) is 2.76. The number of rotatable bonds is 4. The molecule has 0 saturated carbocycles. The van der Waals surface area contributed by atoms with Crippen LogP contribution in [-0.4, -0.2) is 11.1 Å². The zero-order chi connectivity index (χ0) is 16.5. The average Bonchev–Trinajstić information content (AvgIpc) is 2.55. The van der Waals surface area contributed by atoms with E-state index in [1.54, 1.807) is 25.1 Å². The number of hydrogen-bond donors (Lipinski definition) is 2. The molecular weight excluding hydrogens is 290 g/mol. The number of carbonyl (C=O) groups excluding carboxylic acids is 1. The Balaban J connectivity index is 2.06. The Morgan fingerprint density at radius 3 is 2.52 bits per heavy atom. The summed E-state index contributed by atoms with van der Waals surface area (Å²) in [7, 11) is 0.